The van der Waals surface area contributed by atoms with Crippen LogP contribution < -0.4 is 14.8 Å². The number of hydrogen-bond donors (Lipinski definition) is 1. The van der Waals surface area contributed by atoms with Crippen molar-refractivity contribution in [2.75, 3.05) is 39.9 Å². The number of fused-ring (bicyclic) bond motifs is 1. The van der Waals surface area contributed by atoms with Crippen molar-refractivity contribution in [3.05, 3.63) is 58.1 Å². The van der Waals surface area contributed by atoms with Gasteiger partial charge in [0.15, 0.2) is 0 Å². The zero-order valence-corrected chi connectivity index (χ0v) is 17.2. The van der Waals surface area contributed by atoms with Crippen LogP contribution in [0.1, 0.15) is 36.6 Å². The quantitative estimate of drug-likeness (QED) is 0.730. The third-order valence-corrected chi connectivity index (χ3v) is 5.58. The molecule has 0 radical (unpaired) electrons. The fraction of sp³-hybridized carbons (Fsp3) is 0.455. The van der Waals surface area contributed by atoms with Crippen LogP contribution in [0.15, 0.2) is 36.4 Å². The molecule has 0 amide bonds. The number of benzene rings is 2. The van der Waals surface area contributed by atoms with E-state index in [0.717, 1.165) is 54.7 Å². The number of nitrogens with zero attached hydrogens (tertiary/aromatic N) is 1. The number of nitrogens with one attached hydrogen (secondary N) is 1. The molecule has 1 unspecified atom stereocenters. The molecule has 2 aromatic carbocycles. The molecule has 3 rings (SSSR count). The molecule has 1 aliphatic rings. The van der Waals surface area contributed by atoms with E-state index < -0.39 is 0 Å². The van der Waals surface area contributed by atoms with E-state index in [1.807, 2.05) is 18.2 Å². The fourth-order valence-electron chi connectivity index (χ4n) is 3.61. The Morgan fingerprint density at radius 2 is 1.81 bits per heavy atom. The molecule has 0 bridgehead atoms. The number of ether oxygens (including phenoxy) is 2. The summed E-state index contributed by atoms with van der Waals surface area (Å²) < 4.78 is 11.3. The van der Waals surface area contributed by atoms with Gasteiger partial charge in [0, 0.05) is 18.1 Å². The molecular formula is C22H29ClN2O2. The van der Waals surface area contributed by atoms with E-state index in [2.05, 4.69) is 42.3 Å². The Morgan fingerprint density at radius 3 is 2.52 bits per heavy atom. The maximum Gasteiger partial charge on any atom is 0.120 e. The molecule has 0 fully saturated rings. The standard InChI is InChI=1S/C22H29ClN2O2/c1-4-25(5-2)12-13-27-18-7-8-19-16(14-18)10-11-24-22(19)20-9-6-17(26-3)15-21(20)23/h6-9,14-15,22,24H,4-5,10-13H2,1-3H3. The summed E-state index contributed by atoms with van der Waals surface area (Å²) in [6, 6.07) is 12.4. The zero-order chi connectivity index (χ0) is 19.2. The zero-order valence-electron chi connectivity index (χ0n) is 16.4. The van der Waals surface area contributed by atoms with Crippen LogP contribution in [0.5, 0.6) is 11.5 Å². The Balaban J connectivity index is 1.75. The normalized spacial score (nSPS) is 16.3. The summed E-state index contributed by atoms with van der Waals surface area (Å²) in [7, 11) is 1.65. The summed E-state index contributed by atoms with van der Waals surface area (Å²) in [5.41, 5.74) is 3.67. The number of likely N-dealkylation sites (N-methyl/N-ethyl adjacent to an activating group) is 1. The van der Waals surface area contributed by atoms with Gasteiger partial charge in [-0.05, 0) is 60.5 Å². The third-order valence-electron chi connectivity index (χ3n) is 5.26. The van der Waals surface area contributed by atoms with Crippen molar-refractivity contribution in [2.24, 2.45) is 0 Å². The lowest BCUT2D eigenvalue weighted by Gasteiger charge is -2.28. The van der Waals surface area contributed by atoms with Crippen LogP contribution in [-0.4, -0.2) is 44.8 Å². The molecule has 0 spiro atoms. The molecule has 27 heavy (non-hydrogen) atoms. The second-order valence-corrected chi connectivity index (χ2v) is 7.17. The van der Waals surface area contributed by atoms with E-state index in [9.17, 15) is 0 Å². The average Bonchev–Trinajstić information content (AvgIpc) is 2.70. The lowest BCUT2D eigenvalue weighted by molar-refractivity contribution is 0.222. The van der Waals surface area contributed by atoms with Gasteiger partial charge in [0.2, 0.25) is 0 Å². The van der Waals surface area contributed by atoms with Crippen molar-refractivity contribution in [2.45, 2.75) is 26.3 Å². The van der Waals surface area contributed by atoms with Crippen LogP contribution in [0.3, 0.4) is 0 Å². The first-order chi connectivity index (χ1) is 13.2. The van der Waals surface area contributed by atoms with E-state index in [1.165, 1.54) is 11.1 Å². The van der Waals surface area contributed by atoms with Crippen molar-refractivity contribution in [3.63, 3.8) is 0 Å². The number of halogens is 1. The Hall–Kier alpha value is -1.75. The summed E-state index contributed by atoms with van der Waals surface area (Å²) in [5.74, 6) is 1.72. The van der Waals surface area contributed by atoms with Gasteiger partial charge >= 0.3 is 0 Å². The molecule has 2 aromatic rings. The monoisotopic (exact) mass is 388 g/mol. The Morgan fingerprint density at radius 1 is 1.07 bits per heavy atom. The van der Waals surface area contributed by atoms with Gasteiger partial charge < -0.3 is 19.7 Å². The second kappa shape index (κ2) is 9.45. The molecule has 0 saturated heterocycles. The van der Waals surface area contributed by atoms with Crippen molar-refractivity contribution >= 4 is 11.6 Å². The average molecular weight is 389 g/mol. The van der Waals surface area contributed by atoms with Crippen LogP contribution in [-0.2, 0) is 6.42 Å². The first kappa shape index (κ1) is 20.0. The number of methoxy groups -OCH3 is 1. The van der Waals surface area contributed by atoms with Gasteiger partial charge in [0.05, 0.1) is 13.2 Å². The smallest absolute Gasteiger partial charge is 0.120 e. The highest BCUT2D eigenvalue weighted by Gasteiger charge is 2.23. The first-order valence-corrected chi connectivity index (χ1v) is 10.1. The van der Waals surface area contributed by atoms with Crippen molar-refractivity contribution in [3.8, 4) is 11.5 Å². The maximum absolute atomic E-state index is 6.52. The summed E-state index contributed by atoms with van der Waals surface area (Å²) >= 11 is 6.52. The van der Waals surface area contributed by atoms with Gasteiger partial charge in [-0.2, -0.15) is 0 Å². The van der Waals surface area contributed by atoms with Gasteiger partial charge in [-0.25, -0.2) is 0 Å². The summed E-state index contributed by atoms with van der Waals surface area (Å²) in [6.45, 7) is 9.06. The molecule has 4 nitrogen and oxygen atoms in total. The summed E-state index contributed by atoms with van der Waals surface area (Å²) in [4.78, 5) is 2.37. The molecule has 1 atom stereocenters. The fourth-order valence-corrected chi connectivity index (χ4v) is 3.89. The Labute approximate surface area is 167 Å². The minimum atomic E-state index is 0.0943. The number of hydrogen-bond acceptors (Lipinski definition) is 4. The lowest BCUT2D eigenvalue weighted by atomic mass is 9.89. The molecular weight excluding hydrogens is 360 g/mol. The van der Waals surface area contributed by atoms with E-state index in [4.69, 9.17) is 21.1 Å². The van der Waals surface area contributed by atoms with E-state index >= 15 is 0 Å². The van der Waals surface area contributed by atoms with Gasteiger partial charge in [-0.3, -0.25) is 0 Å². The molecule has 0 saturated carbocycles. The molecule has 1 N–H and O–H groups in total. The van der Waals surface area contributed by atoms with Crippen LogP contribution in [0.4, 0.5) is 0 Å². The molecule has 146 valence electrons. The van der Waals surface area contributed by atoms with E-state index in [-0.39, 0.29) is 6.04 Å². The van der Waals surface area contributed by atoms with E-state index in [1.54, 1.807) is 7.11 Å². The van der Waals surface area contributed by atoms with Gasteiger partial charge in [-0.1, -0.05) is 37.6 Å². The first-order valence-electron chi connectivity index (χ1n) is 9.71. The highest BCUT2D eigenvalue weighted by atomic mass is 35.5. The van der Waals surface area contributed by atoms with Crippen molar-refractivity contribution < 1.29 is 9.47 Å². The summed E-state index contributed by atoms with van der Waals surface area (Å²) in [5, 5.41) is 4.31. The van der Waals surface area contributed by atoms with Crippen LogP contribution in [0.2, 0.25) is 5.02 Å². The molecule has 1 aliphatic heterocycles. The SMILES string of the molecule is CCN(CC)CCOc1ccc2c(c1)CCNC2c1ccc(OC)cc1Cl. The predicted octanol–water partition coefficient (Wildman–Crippen LogP) is 4.30. The maximum atomic E-state index is 6.52. The van der Waals surface area contributed by atoms with Gasteiger partial charge in [0.1, 0.15) is 18.1 Å². The van der Waals surface area contributed by atoms with E-state index in [0.29, 0.717) is 6.61 Å². The van der Waals surface area contributed by atoms with Crippen LogP contribution in [0.25, 0.3) is 0 Å². The Bertz CT molecular complexity index is 762. The Kier molecular flexibility index (Phi) is 7.00. The van der Waals surface area contributed by atoms with Crippen LogP contribution in [0, 0.1) is 0 Å². The largest absolute Gasteiger partial charge is 0.497 e. The van der Waals surface area contributed by atoms with Crippen LogP contribution >= 0.6 is 11.6 Å². The van der Waals surface area contributed by atoms with Gasteiger partial charge in [-0.15, -0.1) is 0 Å². The minimum Gasteiger partial charge on any atom is -0.497 e. The highest BCUT2D eigenvalue weighted by Crippen LogP contribution is 2.35. The highest BCUT2D eigenvalue weighted by molar-refractivity contribution is 6.31. The van der Waals surface area contributed by atoms with Crippen molar-refractivity contribution in [1.29, 1.82) is 0 Å². The third kappa shape index (κ3) is 4.75. The molecule has 0 aromatic heterocycles. The molecule has 5 heteroatoms. The number of rotatable bonds is 8. The van der Waals surface area contributed by atoms with Gasteiger partial charge in [0.25, 0.3) is 0 Å². The predicted molar refractivity (Wildman–Crippen MR) is 111 cm³/mol. The minimum absolute atomic E-state index is 0.0943. The topological polar surface area (TPSA) is 33.7 Å². The summed E-state index contributed by atoms with van der Waals surface area (Å²) in [6.07, 6.45) is 0.993. The second-order valence-electron chi connectivity index (χ2n) is 6.76. The lowest BCUT2D eigenvalue weighted by Crippen LogP contribution is -2.31. The molecule has 1 heterocycles. The molecule has 0 aliphatic carbocycles. The van der Waals surface area contributed by atoms with Crippen molar-refractivity contribution in [1.82, 2.24) is 10.2 Å².